The number of benzene rings is 7. The molecule has 5 heterocycles. The summed E-state index contributed by atoms with van der Waals surface area (Å²) < 4.78 is 19.2. The predicted octanol–water partition coefficient (Wildman–Crippen LogP) is 12.7. The van der Waals surface area contributed by atoms with Crippen molar-refractivity contribution in [3.05, 3.63) is 164 Å². The Labute approximate surface area is 323 Å². The van der Waals surface area contributed by atoms with E-state index in [4.69, 9.17) is 38.2 Å². The summed E-state index contributed by atoms with van der Waals surface area (Å²) in [5, 5.41) is 4.90. The average Bonchev–Trinajstić information content (AvgIpc) is 3.97. The molecule has 0 aliphatic carbocycles. The highest BCUT2D eigenvalue weighted by Gasteiger charge is 2.21. The Kier molecular flexibility index (Phi) is 6.76. The molecule has 8 nitrogen and oxygen atoms in total. The smallest absolute Gasteiger partial charge is 0.180 e. The van der Waals surface area contributed by atoms with Crippen molar-refractivity contribution in [2.45, 2.75) is 0 Å². The van der Waals surface area contributed by atoms with Gasteiger partial charge in [0.05, 0.1) is 5.56 Å². The lowest BCUT2D eigenvalue weighted by Crippen LogP contribution is -2.00. The minimum absolute atomic E-state index is 0.530. The van der Waals surface area contributed by atoms with Gasteiger partial charge in [0, 0.05) is 49.2 Å². The third-order valence-corrected chi connectivity index (χ3v) is 10.6. The Morgan fingerprint density at radius 2 is 0.877 bits per heavy atom. The van der Waals surface area contributed by atoms with Gasteiger partial charge in [0.1, 0.15) is 39.1 Å². The predicted molar refractivity (Wildman–Crippen MR) is 224 cm³/mol. The zero-order chi connectivity index (χ0) is 37.5. The van der Waals surface area contributed by atoms with Crippen LogP contribution in [0, 0.1) is 0 Å². The Hall–Kier alpha value is -7.97. The molecule has 0 bridgehead atoms. The molecule has 0 saturated carbocycles. The normalized spacial score (nSPS) is 11.9. The van der Waals surface area contributed by atoms with Crippen LogP contribution in [0.3, 0.4) is 0 Å². The maximum absolute atomic E-state index is 6.49. The van der Waals surface area contributed by atoms with Gasteiger partial charge < -0.3 is 13.3 Å². The highest BCUT2D eigenvalue weighted by molar-refractivity contribution is 6.10. The topological polar surface area (TPSA) is 104 Å². The molecule has 12 aromatic rings. The number of hydrogen-bond donors (Lipinski definition) is 0. The fourth-order valence-electron chi connectivity index (χ4n) is 7.83. The summed E-state index contributed by atoms with van der Waals surface area (Å²) in [5.74, 6) is 2.23. The van der Waals surface area contributed by atoms with Gasteiger partial charge in [-0.15, -0.1) is 0 Å². The van der Waals surface area contributed by atoms with Gasteiger partial charge in [0.2, 0.25) is 0 Å². The van der Waals surface area contributed by atoms with Gasteiger partial charge in [-0.3, -0.25) is 0 Å². The van der Waals surface area contributed by atoms with Crippen LogP contribution in [0.1, 0.15) is 0 Å². The molecule has 0 unspecified atom stereocenters. The van der Waals surface area contributed by atoms with Crippen molar-refractivity contribution in [1.29, 1.82) is 0 Å². The Morgan fingerprint density at radius 3 is 1.70 bits per heavy atom. The molecule has 266 valence electrons. The van der Waals surface area contributed by atoms with Gasteiger partial charge in [0.25, 0.3) is 0 Å². The van der Waals surface area contributed by atoms with Crippen LogP contribution in [0.4, 0.5) is 0 Å². The van der Waals surface area contributed by atoms with Crippen molar-refractivity contribution in [2.75, 3.05) is 0 Å². The maximum atomic E-state index is 6.49. The first-order chi connectivity index (χ1) is 28.2. The van der Waals surface area contributed by atoms with Crippen LogP contribution in [0.5, 0.6) is 0 Å². The van der Waals surface area contributed by atoms with Crippen LogP contribution >= 0.6 is 0 Å². The second-order valence-corrected chi connectivity index (χ2v) is 14.0. The van der Waals surface area contributed by atoms with Gasteiger partial charge in [-0.05, 0) is 54.6 Å². The lowest BCUT2D eigenvalue weighted by Gasteiger charge is -2.09. The average molecular weight is 734 g/mol. The first-order valence-corrected chi connectivity index (χ1v) is 18.7. The van der Waals surface area contributed by atoms with Gasteiger partial charge in [-0.2, -0.15) is 0 Å². The minimum atomic E-state index is 0.530. The molecule has 0 fully saturated rings. The van der Waals surface area contributed by atoms with Gasteiger partial charge in [0.15, 0.2) is 28.9 Å². The Morgan fingerprint density at radius 1 is 0.298 bits per heavy atom. The zero-order valence-corrected chi connectivity index (χ0v) is 30.0. The second-order valence-electron chi connectivity index (χ2n) is 14.0. The lowest BCUT2D eigenvalue weighted by atomic mass is 10.1. The summed E-state index contributed by atoms with van der Waals surface area (Å²) in [7, 11) is 0. The standard InChI is InChI=1S/C49H27N5O3/c1-3-12-28(13-4-1)42-45-43(35-17-8-10-21-39(35)57-45)51-47(50-42)31-22-24-33-37-26-30(23-25-40(37)55-41(33)27-31)48-52-46(29-14-5-2-6-15-29)53-49(54-48)36-19-11-18-34-32-16-7-9-20-38(32)56-44(34)36/h1-27H. The molecule has 0 radical (unpaired) electrons. The van der Waals surface area contributed by atoms with Crippen molar-refractivity contribution in [2.24, 2.45) is 0 Å². The molecule has 7 aromatic carbocycles. The van der Waals surface area contributed by atoms with Crippen LogP contribution < -0.4 is 0 Å². The number of para-hydroxylation sites is 3. The van der Waals surface area contributed by atoms with Crippen molar-refractivity contribution >= 4 is 65.9 Å². The molecule has 0 atom stereocenters. The van der Waals surface area contributed by atoms with Crippen LogP contribution in [0.15, 0.2) is 177 Å². The maximum Gasteiger partial charge on any atom is 0.180 e. The SMILES string of the molecule is c1ccc(-c2nc(-c3ccc4oc5cc(-c6nc(-c7ccccc7)c7oc8ccccc8c7n6)ccc5c4c3)nc(-c3cccc4c3oc3ccccc34)n2)cc1. The van der Waals surface area contributed by atoms with Crippen molar-refractivity contribution in [3.8, 4) is 56.8 Å². The molecule has 0 aliphatic rings. The van der Waals surface area contributed by atoms with Gasteiger partial charge in [-0.25, -0.2) is 24.9 Å². The first kappa shape index (κ1) is 31.4. The van der Waals surface area contributed by atoms with E-state index in [1.165, 1.54) is 0 Å². The van der Waals surface area contributed by atoms with E-state index in [1.807, 2.05) is 140 Å². The monoisotopic (exact) mass is 733 g/mol. The summed E-state index contributed by atoms with van der Waals surface area (Å²) in [4.78, 5) is 25.2. The van der Waals surface area contributed by atoms with E-state index in [9.17, 15) is 0 Å². The molecular formula is C49H27N5O3. The number of hydrogen-bond acceptors (Lipinski definition) is 8. The molecular weight excluding hydrogens is 707 g/mol. The summed E-state index contributed by atoms with van der Waals surface area (Å²) in [6.07, 6.45) is 0. The lowest BCUT2D eigenvalue weighted by molar-refractivity contribution is 0.667. The van der Waals surface area contributed by atoms with Crippen molar-refractivity contribution < 1.29 is 13.3 Å². The molecule has 0 N–H and O–H groups in total. The van der Waals surface area contributed by atoms with Crippen LogP contribution in [-0.4, -0.2) is 24.9 Å². The number of fused-ring (bicyclic) bond motifs is 9. The summed E-state index contributed by atoms with van der Waals surface area (Å²) in [6, 6.07) is 54.3. The largest absolute Gasteiger partial charge is 0.456 e. The van der Waals surface area contributed by atoms with E-state index >= 15 is 0 Å². The summed E-state index contributed by atoms with van der Waals surface area (Å²) in [5.41, 5.74) is 10.3. The number of furan rings is 3. The Balaban J connectivity index is 1.00. The molecule has 0 saturated heterocycles. The number of aromatic nitrogens is 5. The van der Waals surface area contributed by atoms with Gasteiger partial charge >= 0.3 is 0 Å². The van der Waals surface area contributed by atoms with E-state index in [-0.39, 0.29) is 0 Å². The van der Waals surface area contributed by atoms with Crippen LogP contribution in [-0.2, 0) is 0 Å². The molecule has 0 amide bonds. The van der Waals surface area contributed by atoms with E-state index < -0.39 is 0 Å². The molecule has 0 spiro atoms. The molecule has 8 heteroatoms. The molecule has 5 aromatic heterocycles. The van der Waals surface area contributed by atoms with E-state index in [2.05, 4.69) is 24.3 Å². The van der Waals surface area contributed by atoms with Crippen LogP contribution in [0.2, 0.25) is 0 Å². The van der Waals surface area contributed by atoms with E-state index in [0.29, 0.717) is 28.9 Å². The zero-order valence-electron chi connectivity index (χ0n) is 30.0. The molecule has 0 aliphatic heterocycles. The summed E-state index contributed by atoms with van der Waals surface area (Å²) in [6.45, 7) is 0. The molecule has 12 rings (SSSR count). The fourth-order valence-corrected chi connectivity index (χ4v) is 7.83. The van der Waals surface area contributed by atoms with Crippen molar-refractivity contribution in [3.63, 3.8) is 0 Å². The van der Waals surface area contributed by atoms with E-state index in [1.54, 1.807) is 0 Å². The molecule has 57 heavy (non-hydrogen) atoms. The first-order valence-electron chi connectivity index (χ1n) is 18.7. The number of nitrogens with zero attached hydrogens (tertiary/aromatic N) is 5. The van der Waals surface area contributed by atoms with Gasteiger partial charge in [-0.1, -0.05) is 109 Å². The fraction of sp³-hybridized carbons (Fsp3) is 0. The highest BCUT2D eigenvalue weighted by Crippen LogP contribution is 2.39. The summed E-state index contributed by atoms with van der Waals surface area (Å²) >= 11 is 0. The van der Waals surface area contributed by atoms with E-state index in [0.717, 1.165) is 93.9 Å². The Bertz CT molecular complexity index is 3530. The minimum Gasteiger partial charge on any atom is -0.456 e. The quantitative estimate of drug-likeness (QED) is 0.172. The highest BCUT2D eigenvalue weighted by atomic mass is 16.3. The third-order valence-electron chi connectivity index (χ3n) is 10.6. The second kappa shape index (κ2) is 12.3. The third kappa shape index (κ3) is 5.04. The number of rotatable bonds is 5. The van der Waals surface area contributed by atoms with Crippen molar-refractivity contribution in [1.82, 2.24) is 24.9 Å². The van der Waals surface area contributed by atoms with Crippen LogP contribution in [0.25, 0.3) is 123 Å².